The van der Waals surface area contributed by atoms with Crippen molar-refractivity contribution in [3.63, 3.8) is 0 Å². The van der Waals surface area contributed by atoms with Gasteiger partial charge in [0.25, 0.3) is 6.71 Å². The number of aromatic nitrogens is 3. The standard InChI is InChI=1S/C87H94BN3/c1-79(2,3)47-26-25-27-54(36-47)89-68-44-50(82(10,11)12)30-33-57(68)71-70(89)46-66-78-73(71)72-63(86(22,23)24)41-53(85(19,20)21)45-69(72)90(78)67-35-34-60-77-74(67)88(66)65-43-52(84(16,17)18)38-59-58-37-51(83(13,14)15)42-64(75(58)91(77)76(59)65)87(60)61-39-48(80(4,5)6)28-31-55(61)56-32-29-49(40-62(56)87)81(7,8)9/h25-46H,1-24H3. The van der Waals surface area contributed by atoms with E-state index in [9.17, 15) is 0 Å². The van der Waals surface area contributed by atoms with Crippen LogP contribution < -0.4 is 16.4 Å². The van der Waals surface area contributed by atoms with Gasteiger partial charge >= 0.3 is 0 Å². The molecule has 3 aliphatic heterocycles. The van der Waals surface area contributed by atoms with E-state index >= 15 is 0 Å². The summed E-state index contributed by atoms with van der Waals surface area (Å²) in [4.78, 5) is 0. The van der Waals surface area contributed by atoms with E-state index < -0.39 is 5.41 Å². The van der Waals surface area contributed by atoms with Crippen molar-refractivity contribution in [2.75, 3.05) is 0 Å². The highest BCUT2D eigenvalue weighted by molar-refractivity contribution is 7.00. The zero-order chi connectivity index (χ0) is 64.8. The molecule has 9 aromatic carbocycles. The first-order chi connectivity index (χ1) is 42.2. The fraction of sp³-hybridized carbons (Fsp3) is 0.379. The first kappa shape index (κ1) is 58.5. The van der Waals surface area contributed by atoms with Crippen molar-refractivity contribution in [3.05, 3.63) is 200 Å². The predicted octanol–water partition coefficient (Wildman–Crippen LogP) is 21.2. The minimum atomic E-state index is -0.664. The average molecular weight is 1190 g/mol. The molecule has 4 aliphatic rings. The van der Waals surface area contributed by atoms with Gasteiger partial charge in [0, 0.05) is 54.9 Å². The molecule has 0 saturated carbocycles. The maximum Gasteiger partial charge on any atom is 0.252 e. The van der Waals surface area contributed by atoms with Gasteiger partial charge in [-0.05, 0) is 186 Å². The SMILES string of the molecule is CC(C)(C)c1cccc(-n2c3cc(C(C)(C)C)ccc3c3c4c5c(C(C)(C)C)cc(C(C)(C)C)cc5n5c4c(cc32)B2c3c-5ccc4c3-n3c5c2cc(C(C)(C)C)cc5c2cc(C(C)(C)C)cc(c23)C42c3cc(C(C)(C)C)ccc3-c3ccc(C(C)(C)C)cc32)c1. The largest absolute Gasteiger partial charge is 0.310 e. The quantitative estimate of drug-likeness (QED) is 0.146. The first-order valence-corrected chi connectivity index (χ1v) is 34.1. The molecule has 91 heavy (non-hydrogen) atoms. The number of rotatable bonds is 1. The Morgan fingerprint density at radius 1 is 0.308 bits per heavy atom. The Balaban J connectivity index is 1.20. The molecule has 16 rings (SSSR count). The van der Waals surface area contributed by atoms with E-state index in [1.54, 1.807) is 0 Å². The second-order valence-electron chi connectivity index (χ2n) is 36.8. The van der Waals surface area contributed by atoms with E-state index in [1.807, 2.05) is 0 Å². The number of nitrogens with zero attached hydrogens (tertiary/aromatic N) is 3. The zero-order valence-corrected chi connectivity index (χ0v) is 59.1. The molecule has 3 nitrogen and oxygen atoms in total. The van der Waals surface area contributed by atoms with Crippen LogP contribution in [0.1, 0.15) is 233 Å². The maximum absolute atomic E-state index is 2.85. The highest BCUT2D eigenvalue weighted by Crippen LogP contribution is 2.63. The van der Waals surface area contributed by atoms with Crippen molar-refractivity contribution in [2.24, 2.45) is 0 Å². The second-order valence-corrected chi connectivity index (χ2v) is 36.8. The van der Waals surface area contributed by atoms with E-state index in [0.29, 0.717) is 0 Å². The van der Waals surface area contributed by atoms with E-state index in [-0.39, 0.29) is 50.0 Å². The molecule has 6 heterocycles. The first-order valence-electron chi connectivity index (χ1n) is 34.1. The summed E-state index contributed by atoms with van der Waals surface area (Å²) in [6.45, 7) is 57.7. The number of fused-ring (bicyclic) bond motifs is 18. The fourth-order valence-corrected chi connectivity index (χ4v) is 17.2. The van der Waals surface area contributed by atoms with Crippen molar-refractivity contribution < 1.29 is 0 Å². The van der Waals surface area contributed by atoms with Crippen molar-refractivity contribution in [3.8, 4) is 28.2 Å². The molecule has 460 valence electrons. The number of benzene rings is 9. The lowest BCUT2D eigenvalue weighted by atomic mass is 9.33. The topological polar surface area (TPSA) is 14.8 Å². The van der Waals surface area contributed by atoms with Crippen molar-refractivity contribution in [2.45, 2.75) is 215 Å². The molecule has 0 atom stereocenters. The summed E-state index contributed by atoms with van der Waals surface area (Å²) in [7, 11) is 0. The summed E-state index contributed by atoms with van der Waals surface area (Å²) < 4.78 is 8.35. The minimum Gasteiger partial charge on any atom is -0.310 e. The van der Waals surface area contributed by atoms with Crippen molar-refractivity contribution >= 4 is 88.5 Å². The molecule has 0 saturated heterocycles. The Morgan fingerprint density at radius 2 is 0.791 bits per heavy atom. The predicted molar refractivity (Wildman–Crippen MR) is 395 cm³/mol. The lowest BCUT2D eigenvalue weighted by molar-refractivity contribution is 0.573. The molecule has 3 aromatic heterocycles. The highest BCUT2D eigenvalue weighted by Gasteiger charge is 2.56. The van der Waals surface area contributed by atoms with Crippen molar-refractivity contribution in [1.29, 1.82) is 0 Å². The third-order valence-electron chi connectivity index (χ3n) is 22.4. The third-order valence-corrected chi connectivity index (χ3v) is 22.4. The van der Waals surface area contributed by atoms with Crippen molar-refractivity contribution in [1.82, 2.24) is 13.7 Å². The summed E-state index contributed by atoms with van der Waals surface area (Å²) in [6, 6.07) is 56.0. The zero-order valence-electron chi connectivity index (χ0n) is 59.1. The van der Waals surface area contributed by atoms with Crippen LogP contribution in [0.3, 0.4) is 0 Å². The van der Waals surface area contributed by atoms with Crippen LogP contribution in [0.4, 0.5) is 0 Å². The Hall–Kier alpha value is -7.56. The van der Waals surface area contributed by atoms with E-state index in [4.69, 9.17) is 0 Å². The van der Waals surface area contributed by atoms with Crippen LogP contribution in [0.5, 0.6) is 0 Å². The van der Waals surface area contributed by atoms with Gasteiger partial charge in [-0.2, -0.15) is 0 Å². The Labute approximate surface area is 542 Å². The van der Waals surface area contributed by atoms with Crippen LogP contribution in [0.2, 0.25) is 0 Å². The summed E-state index contributed by atoms with van der Waals surface area (Å²) in [5, 5.41) is 8.13. The van der Waals surface area contributed by atoms with E-state index in [0.717, 1.165) is 0 Å². The summed E-state index contributed by atoms with van der Waals surface area (Å²) in [6.07, 6.45) is 0. The number of hydrogen-bond acceptors (Lipinski definition) is 0. The van der Waals surface area contributed by atoms with Crippen LogP contribution in [0.15, 0.2) is 133 Å². The normalized spacial score (nSPS) is 15.3. The molecule has 1 spiro atoms. The van der Waals surface area contributed by atoms with E-state index in [2.05, 4.69) is 313 Å². The van der Waals surface area contributed by atoms with Gasteiger partial charge in [-0.15, -0.1) is 0 Å². The third kappa shape index (κ3) is 7.75. The average Bonchev–Trinajstić information content (AvgIpc) is 1.53. The van der Waals surface area contributed by atoms with Gasteiger partial charge in [0.05, 0.1) is 33.0 Å². The van der Waals surface area contributed by atoms with Gasteiger partial charge in [-0.1, -0.05) is 251 Å². The molecular formula is C87H94BN3. The second kappa shape index (κ2) is 17.6. The molecular weight excluding hydrogens is 1100 g/mol. The van der Waals surface area contributed by atoms with Crippen LogP contribution >= 0.6 is 0 Å². The lowest BCUT2D eigenvalue weighted by Crippen LogP contribution is -2.60. The summed E-state index contributed by atoms with van der Waals surface area (Å²) in [5.74, 6) is 0. The highest BCUT2D eigenvalue weighted by atomic mass is 15.1. The van der Waals surface area contributed by atoms with Gasteiger partial charge in [0.15, 0.2) is 0 Å². The summed E-state index contributed by atoms with van der Waals surface area (Å²) >= 11 is 0. The Bertz CT molecular complexity index is 5220. The molecule has 0 fully saturated rings. The van der Waals surface area contributed by atoms with Gasteiger partial charge in [-0.3, -0.25) is 0 Å². The molecule has 0 N–H and O–H groups in total. The molecule has 0 unspecified atom stereocenters. The van der Waals surface area contributed by atoms with Gasteiger partial charge in [-0.25, -0.2) is 0 Å². The lowest BCUT2D eigenvalue weighted by Gasteiger charge is -2.45. The maximum atomic E-state index is 2.85. The molecule has 0 bridgehead atoms. The molecule has 4 heteroatoms. The smallest absolute Gasteiger partial charge is 0.252 e. The van der Waals surface area contributed by atoms with E-state index in [1.165, 1.54) is 177 Å². The van der Waals surface area contributed by atoms with Gasteiger partial charge in [0.1, 0.15) is 0 Å². The van der Waals surface area contributed by atoms with Crippen LogP contribution in [0.25, 0.3) is 93.6 Å². The summed E-state index contributed by atoms with van der Waals surface area (Å²) in [5.41, 5.74) is 33.7. The fourth-order valence-electron chi connectivity index (χ4n) is 17.2. The molecule has 1 aliphatic carbocycles. The van der Waals surface area contributed by atoms with Crippen LogP contribution in [0, 0.1) is 0 Å². The molecule has 12 aromatic rings. The van der Waals surface area contributed by atoms with Crippen LogP contribution in [-0.2, 0) is 48.7 Å². The minimum absolute atomic E-state index is 0.0506. The molecule has 0 radical (unpaired) electrons. The Morgan fingerprint density at radius 3 is 1.36 bits per heavy atom. The Kier molecular flexibility index (Phi) is 11.3. The number of hydrogen-bond donors (Lipinski definition) is 0. The molecule has 0 amide bonds. The monoisotopic (exact) mass is 1190 g/mol. The van der Waals surface area contributed by atoms with Gasteiger partial charge in [0.2, 0.25) is 0 Å². The van der Waals surface area contributed by atoms with Gasteiger partial charge < -0.3 is 13.7 Å². The van der Waals surface area contributed by atoms with Crippen LogP contribution in [-0.4, -0.2) is 20.4 Å².